The van der Waals surface area contributed by atoms with Gasteiger partial charge in [-0.2, -0.15) is 0 Å². The second-order valence-electron chi connectivity index (χ2n) is 11.5. The van der Waals surface area contributed by atoms with E-state index in [2.05, 4.69) is 15.2 Å². The Balaban J connectivity index is 1.01. The number of carboxylic acid groups (broad SMARTS) is 1. The zero-order valence-corrected chi connectivity index (χ0v) is 24.3. The summed E-state index contributed by atoms with van der Waals surface area (Å²) in [5.74, 6) is -0.00642. The van der Waals surface area contributed by atoms with Crippen molar-refractivity contribution in [1.29, 1.82) is 0 Å². The molecule has 212 valence electrons. The van der Waals surface area contributed by atoms with Crippen molar-refractivity contribution in [2.45, 2.75) is 69.4 Å². The minimum atomic E-state index is -0.957. The van der Waals surface area contributed by atoms with E-state index < -0.39 is 5.97 Å². The fraction of sp³-hybridized carbons (Fsp3) is 0.448. The Bertz CT molecular complexity index is 1660. The molecule has 41 heavy (non-hydrogen) atoms. The number of thiazole rings is 1. The molecule has 4 fully saturated rings. The van der Waals surface area contributed by atoms with Crippen molar-refractivity contribution in [2.24, 2.45) is 5.92 Å². The zero-order chi connectivity index (χ0) is 27.8. The van der Waals surface area contributed by atoms with Gasteiger partial charge in [0.25, 0.3) is 0 Å². The quantitative estimate of drug-likeness (QED) is 0.225. The molecule has 2 aromatic heterocycles. The minimum absolute atomic E-state index is 0.120. The topological polar surface area (TPSA) is 103 Å². The molecule has 4 aromatic rings. The summed E-state index contributed by atoms with van der Waals surface area (Å²) >= 11 is 14.6. The maximum Gasteiger partial charge on any atom is 0.335 e. The largest absolute Gasteiger partial charge is 0.488 e. The summed E-state index contributed by atoms with van der Waals surface area (Å²) in [7, 11) is 0. The Morgan fingerprint density at radius 3 is 2.59 bits per heavy atom. The number of carboxylic acids is 1. The van der Waals surface area contributed by atoms with Crippen LogP contribution >= 0.6 is 34.5 Å². The Labute approximate surface area is 250 Å². The van der Waals surface area contributed by atoms with Crippen LogP contribution in [0.4, 0.5) is 5.13 Å². The maximum absolute atomic E-state index is 11.7. The van der Waals surface area contributed by atoms with Gasteiger partial charge in [-0.3, -0.25) is 0 Å². The molecule has 1 saturated heterocycles. The lowest BCUT2D eigenvalue weighted by molar-refractivity contribution is 0.00958. The number of piperidine rings is 1. The Morgan fingerprint density at radius 1 is 1.10 bits per heavy atom. The van der Waals surface area contributed by atoms with Gasteiger partial charge in [0, 0.05) is 24.1 Å². The summed E-state index contributed by atoms with van der Waals surface area (Å²) in [5, 5.41) is 20.6. The van der Waals surface area contributed by atoms with Crippen LogP contribution in [0.25, 0.3) is 21.5 Å². The number of halogens is 2. The Hall–Kier alpha value is -2.92. The molecule has 0 spiro atoms. The molecule has 3 heterocycles. The smallest absolute Gasteiger partial charge is 0.335 e. The van der Waals surface area contributed by atoms with Crippen molar-refractivity contribution >= 4 is 55.9 Å². The number of rotatable bonds is 9. The molecule has 2 aromatic carbocycles. The van der Waals surface area contributed by atoms with E-state index in [-0.39, 0.29) is 17.8 Å². The number of hydrogen-bond acceptors (Lipinski definition) is 8. The van der Waals surface area contributed by atoms with Crippen molar-refractivity contribution in [1.82, 2.24) is 20.0 Å². The third-order valence-electron chi connectivity index (χ3n) is 8.55. The number of carbonyl (C=O) groups is 1. The molecular formula is C29H27Cl2N5O4S. The van der Waals surface area contributed by atoms with E-state index >= 15 is 0 Å². The lowest BCUT2D eigenvalue weighted by Gasteiger charge is -2.31. The minimum Gasteiger partial charge on any atom is -0.488 e. The zero-order valence-electron chi connectivity index (χ0n) is 22.0. The van der Waals surface area contributed by atoms with Crippen LogP contribution in [0, 0.1) is 5.92 Å². The normalized spacial score (nSPS) is 23.6. The third kappa shape index (κ3) is 4.65. The average molecular weight is 613 g/mol. The number of nitrogens with zero attached hydrogens (tertiary/aromatic N) is 5. The van der Waals surface area contributed by atoms with Crippen molar-refractivity contribution < 1.29 is 19.4 Å². The Morgan fingerprint density at radius 2 is 1.90 bits per heavy atom. The summed E-state index contributed by atoms with van der Waals surface area (Å²) in [5.41, 5.74) is 3.30. The van der Waals surface area contributed by atoms with E-state index in [1.165, 1.54) is 0 Å². The van der Waals surface area contributed by atoms with E-state index in [0.717, 1.165) is 66.1 Å². The molecular weight excluding hydrogens is 585 g/mol. The van der Waals surface area contributed by atoms with Crippen LogP contribution in [0.2, 0.25) is 10.0 Å². The van der Waals surface area contributed by atoms with Gasteiger partial charge in [0.1, 0.15) is 17.0 Å². The molecule has 0 unspecified atom stereocenters. The number of aromatic carboxylic acids is 1. The van der Waals surface area contributed by atoms with Gasteiger partial charge in [0.05, 0.1) is 50.9 Å². The van der Waals surface area contributed by atoms with Gasteiger partial charge in [-0.05, 0) is 62.8 Å². The number of aromatic nitrogens is 4. The van der Waals surface area contributed by atoms with Gasteiger partial charge in [-0.15, -0.1) is 5.10 Å². The molecule has 2 bridgehead atoms. The Kier molecular flexibility index (Phi) is 6.18. The van der Waals surface area contributed by atoms with E-state index in [1.807, 2.05) is 22.9 Å². The first kappa shape index (κ1) is 25.8. The van der Waals surface area contributed by atoms with Gasteiger partial charge in [0.15, 0.2) is 5.13 Å². The third-order valence-corrected chi connectivity index (χ3v) is 10.2. The monoisotopic (exact) mass is 611 g/mol. The molecule has 0 amide bonds. The molecule has 8 rings (SSSR count). The fourth-order valence-electron chi connectivity index (χ4n) is 6.20. The van der Waals surface area contributed by atoms with E-state index in [4.69, 9.17) is 37.7 Å². The van der Waals surface area contributed by atoms with Gasteiger partial charge in [-0.25, -0.2) is 14.5 Å². The second-order valence-corrected chi connectivity index (χ2v) is 13.3. The highest BCUT2D eigenvalue weighted by atomic mass is 35.5. The molecule has 12 heteroatoms. The fourth-order valence-corrected chi connectivity index (χ4v) is 7.88. The van der Waals surface area contributed by atoms with E-state index in [9.17, 15) is 9.90 Å². The molecule has 3 saturated carbocycles. The number of ether oxygens (including phenoxy) is 2. The van der Waals surface area contributed by atoms with Crippen LogP contribution in [0.1, 0.15) is 60.6 Å². The predicted molar refractivity (Wildman–Crippen MR) is 156 cm³/mol. The maximum atomic E-state index is 11.7. The SMILES string of the molecule is O=C(O)c1cc(OC2CC2)c2nc(N3C[C@@H]4C[C@H]3C[C@H]4OCc3c(-c4c(Cl)cccc4Cl)nnn3C3CC3)sc2c1. The summed E-state index contributed by atoms with van der Waals surface area (Å²) in [6.07, 6.45) is 6.38. The van der Waals surface area contributed by atoms with Gasteiger partial charge < -0.3 is 19.5 Å². The van der Waals surface area contributed by atoms with Crippen LogP contribution in [-0.2, 0) is 11.3 Å². The van der Waals surface area contributed by atoms with E-state index in [0.29, 0.717) is 51.7 Å². The van der Waals surface area contributed by atoms with Crippen molar-refractivity contribution in [3.05, 3.63) is 51.6 Å². The lowest BCUT2D eigenvalue weighted by atomic mass is 10.1. The van der Waals surface area contributed by atoms with Crippen LogP contribution in [0.5, 0.6) is 5.75 Å². The van der Waals surface area contributed by atoms with Crippen LogP contribution in [0.3, 0.4) is 0 Å². The first-order valence-corrected chi connectivity index (χ1v) is 15.6. The first-order chi connectivity index (χ1) is 19.9. The molecule has 3 atom stereocenters. The molecule has 9 nitrogen and oxygen atoms in total. The van der Waals surface area contributed by atoms with E-state index in [1.54, 1.807) is 23.5 Å². The lowest BCUT2D eigenvalue weighted by Crippen LogP contribution is -2.38. The molecule has 1 N–H and O–H groups in total. The number of benzene rings is 2. The van der Waals surface area contributed by atoms with Crippen molar-refractivity contribution in [2.75, 3.05) is 11.4 Å². The number of fused-ring (bicyclic) bond motifs is 3. The molecule has 1 aliphatic heterocycles. The first-order valence-electron chi connectivity index (χ1n) is 14.0. The number of anilines is 1. The summed E-state index contributed by atoms with van der Waals surface area (Å²) in [6, 6.07) is 9.45. The predicted octanol–water partition coefficient (Wildman–Crippen LogP) is 6.62. The second kappa shape index (κ2) is 9.83. The highest BCUT2D eigenvalue weighted by molar-refractivity contribution is 7.22. The van der Waals surface area contributed by atoms with Crippen LogP contribution in [0.15, 0.2) is 30.3 Å². The highest BCUT2D eigenvalue weighted by Crippen LogP contribution is 2.46. The summed E-state index contributed by atoms with van der Waals surface area (Å²) in [6.45, 7) is 1.25. The molecule has 0 radical (unpaired) electrons. The standard InChI is InChI=1S/C29H27Cl2N5O4S/c30-19-2-1-3-20(31)25(19)26-21(36(34-33-26)16-4-5-16)13-39-22-11-17-8-15(22)12-35(17)29-32-27-23(40-18-6-7-18)9-14(28(37)38)10-24(27)41-29/h1-3,9-10,15-18,22H,4-8,11-13H2,(H,37,38)/t15-,17-,22+/m0/s1. The van der Waals surface area contributed by atoms with Crippen molar-refractivity contribution in [3.8, 4) is 17.0 Å². The number of hydrogen-bond donors (Lipinski definition) is 1. The summed E-state index contributed by atoms with van der Waals surface area (Å²) < 4.78 is 15.5. The van der Waals surface area contributed by atoms with Gasteiger partial charge >= 0.3 is 5.97 Å². The average Bonchev–Trinajstić information content (AvgIpc) is 3.77. The van der Waals surface area contributed by atoms with Crippen LogP contribution < -0.4 is 9.64 Å². The molecule has 4 aliphatic rings. The summed E-state index contributed by atoms with van der Waals surface area (Å²) in [4.78, 5) is 19.0. The van der Waals surface area contributed by atoms with Crippen molar-refractivity contribution in [3.63, 3.8) is 0 Å². The van der Waals surface area contributed by atoms with Gasteiger partial charge in [-0.1, -0.05) is 45.8 Å². The molecule has 3 aliphatic carbocycles. The van der Waals surface area contributed by atoms with Gasteiger partial charge in [0.2, 0.25) is 0 Å². The highest BCUT2D eigenvalue weighted by Gasteiger charge is 2.46. The van der Waals surface area contributed by atoms with Crippen LogP contribution in [-0.4, -0.2) is 55.8 Å².